The molecule has 1 N–H and O–H groups in total. The lowest BCUT2D eigenvalue weighted by Gasteiger charge is -2.43. The lowest BCUT2D eigenvalue weighted by molar-refractivity contribution is -0.142. The molecular formula is C22H30N6O3. The number of aromatic nitrogens is 4. The molecule has 31 heavy (non-hydrogen) atoms. The molecular weight excluding hydrogens is 396 g/mol. The standard InChI is InChI=1S/C22H30N6O3/c1-14-10-15(2)28(24-14)12-19(29)27-8-6-22(7-9-27)11-18-17(13-31-22)20(25-26(18)3)21(30)23-16-4-5-16/h10,16H,4-9,11-13H2,1-3H3,(H,23,30). The highest BCUT2D eigenvalue weighted by atomic mass is 16.5. The van der Waals surface area contributed by atoms with Crippen LogP contribution in [0.25, 0.3) is 0 Å². The van der Waals surface area contributed by atoms with E-state index in [2.05, 4.69) is 15.5 Å². The third kappa shape index (κ3) is 3.86. The molecule has 0 atom stereocenters. The molecule has 4 heterocycles. The summed E-state index contributed by atoms with van der Waals surface area (Å²) in [5.41, 5.74) is 4.12. The van der Waals surface area contributed by atoms with Crippen LogP contribution in [0.15, 0.2) is 6.07 Å². The van der Waals surface area contributed by atoms with Crippen molar-refractivity contribution in [2.75, 3.05) is 13.1 Å². The van der Waals surface area contributed by atoms with Gasteiger partial charge >= 0.3 is 0 Å². The van der Waals surface area contributed by atoms with Crippen molar-refractivity contribution in [3.8, 4) is 0 Å². The fourth-order valence-electron chi connectivity index (χ4n) is 4.77. The minimum Gasteiger partial charge on any atom is -0.370 e. The van der Waals surface area contributed by atoms with Crippen LogP contribution in [0.5, 0.6) is 0 Å². The Balaban J connectivity index is 1.23. The average Bonchev–Trinajstić information content (AvgIpc) is 3.41. The SMILES string of the molecule is Cc1cc(C)n(CC(=O)N2CCC3(CC2)Cc2c(c(C(=O)NC4CC4)nn2C)CO3)n1. The van der Waals surface area contributed by atoms with Gasteiger partial charge in [0.2, 0.25) is 5.91 Å². The van der Waals surface area contributed by atoms with E-state index in [1.807, 2.05) is 36.5 Å². The zero-order valence-corrected chi connectivity index (χ0v) is 18.5. The molecule has 0 bridgehead atoms. The van der Waals surface area contributed by atoms with Crippen LogP contribution in [0.4, 0.5) is 0 Å². The van der Waals surface area contributed by atoms with Crippen molar-refractivity contribution in [2.45, 2.75) is 70.7 Å². The minimum atomic E-state index is -0.292. The highest BCUT2D eigenvalue weighted by Crippen LogP contribution is 2.37. The van der Waals surface area contributed by atoms with E-state index in [-0.39, 0.29) is 24.0 Å². The molecule has 166 valence electrons. The largest absolute Gasteiger partial charge is 0.370 e. The van der Waals surface area contributed by atoms with Gasteiger partial charge in [0.05, 0.1) is 17.9 Å². The molecule has 3 aliphatic rings. The van der Waals surface area contributed by atoms with Crippen molar-refractivity contribution >= 4 is 11.8 Å². The molecule has 1 spiro atoms. The van der Waals surface area contributed by atoms with Gasteiger partial charge in [-0.05, 0) is 45.6 Å². The van der Waals surface area contributed by atoms with E-state index in [1.165, 1.54) is 0 Å². The Bertz CT molecular complexity index is 1030. The summed E-state index contributed by atoms with van der Waals surface area (Å²) in [4.78, 5) is 27.3. The smallest absolute Gasteiger partial charge is 0.272 e. The van der Waals surface area contributed by atoms with E-state index >= 15 is 0 Å². The van der Waals surface area contributed by atoms with Crippen LogP contribution in [0, 0.1) is 13.8 Å². The van der Waals surface area contributed by atoms with E-state index in [0.717, 1.165) is 54.7 Å². The molecule has 0 aromatic carbocycles. The molecule has 2 amide bonds. The summed E-state index contributed by atoms with van der Waals surface area (Å²) in [5, 5.41) is 11.9. The number of hydrogen-bond acceptors (Lipinski definition) is 5. The summed E-state index contributed by atoms with van der Waals surface area (Å²) in [6.07, 6.45) is 4.39. The summed E-state index contributed by atoms with van der Waals surface area (Å²) in [7, 11) is 1.90. The van der Waals surface area contributed by atoms with Crippen LogP contribution in [0.2, 0.25) is 0 Å². The molecule has 2 fully saturated rings. The van der Waals surface area contributed by atoms with Gasteiger partial charge in [-0.15, -0.1) is 0 Å². The van der Waals surface area contributed by atoms with Crippen LogP contribution in [-0.4, -0.2) is 61.0 Å². The highest BCUT2D eigenvalue weighted by Gasteiger charge is 2.42. The Morgan fingerprint density at radius 1 is 1.23 bits per heavy atom. The molecule has 2 aliphatic heterocycles. The first kappa shape index (κ1) is 20.2. The lowest BCUT2D eigenvalue weighted by Crippen LogP contribution is -2.51. The summed E-state index contributed by atoms with van der Waals surface area (Å²) >= 11 is 0. The van der Waals surface area contributed by atoms with E-state index < -0.39 is 0 Å². The number of rotatable bonds is 4. The number of piperidine rings is 1. The Morgan fingerprint density at radius 3 is 2.61 bits per heavy atom. The molecule has 5 rings (SSSR count). The topological polar surface area (TPSA) is 94.3 Å². The van der Waals surface area contributed by atoms with Crippen molar-refractivity contribution < 1.29 is 14.3 Å². The second-order valence-electron chi connectivity index (χ2n) is 9.26. The van der Waals surface area contributed by atoms with Gasteiger partial charge < -0.3 is 15.0 Å². The zero-order chi connectivity index (χ0) is 21.8. The number of amides is 2. The third-order valence-corrected chi connectivity index (χ3v) is 6.83. The number of carbonyl (C=O) groups is 2. The van der Waals surface area contributed by atoms with Gasteiger partial charge in [-0.3, -0.25) is 19.0 Å². The third-order valence-electron chi connectivity index (χ3n) is 6.83. The van der Waals surface area contributed by atoms with Gasteiger partial charge in [0.1, 0.15) is 6.54 Å². The van der Waals surface area contributed by atoms with Crippen molar-refractivity contribution in [1.82, 2.24) is 29.8 Å². The van der Waals surface area contributed by atoms with E-state index in [9.17, 15) is 9.59 Å². The number of hydrogen-bond donors (Lipinski definition) is 1. The summed E-state index contributed by atoms with van der Waals surface area (Å²) in [6.45, 7) is 5.92. The number of aryl methyl sites for hydroxylation is 3. The summed E-state index contributed by atoms with van der Waals surface area (Å²) in [6, 6.07) is 2.29. The first-order valence-corrected chi connectivity index (χ1v) is 11.1. The number of fused-ring (bicyclic) bond motifs is 1. The molecule has 0 unspecified atom stereocenters. The fourth-order valence-corrected chi connectivity index (χ4v) is 4.77. The number of ether oxygens (including phenoxy) is 1. The molecule has 1 saturated carbocycles. The Hall–Kier alpha value is -2.68. The van der Waals surface area contributed by atoms with Crippen LogP contribution < -0.4 is 5.32 Å². The Kier molecular flexibility index (Phi) is 4.88. The summed E-state index contributed by atoms with van der Waals surface area (Å²) < 4.78 is 9.95. The maximum atomic E-state index is 12.8. The molecule has 9 heteroatoms. The predicted molar refractivity (Wildman–Crippen MR) is 112 cm³/mol. The zero-order valence-electron chi connectivity index (χ0n) is 18.5. The van der Waals surface area contributed by atoms with Gasteiger partial charge in [-0.2, -0.15) is 10.2 Å². The first-order valence-electron chi connectivity index (χ1n) is 11.1. The van der Waals surface area contributed by atoms with E-state index in [4.69, 9.17) is 4.74 Å². The van der Waals surface area contributed by atoms with Gasteiger partial charge in [-0.1, -0.05) is 0 Å². The van der Waals surface area contributed by atoms with Crippen molar-refractivity contribution in [3.63, 3.8) is 0 Å². The maximum absolute atomic E-state index is 12.8. The number of nitrogens with one attached hydrogen (secondary N) is 1. The van der Waals surface area contributed by atoms with Crippen molar-refractivity contribution in [2.24, 2.45) is 7.05 Å². The molecule has 0 radical (unpaired) electrons. The van der Waals surface area contributed by atoms with Gasteiger partial charge in [0, 0.05) is 49.6 Å². The number of nitrogens with zero attached hydrogens (tertiary/aromatic N) is 5. The molecule has 2 aromatic heterocycles. The molecule has 1 aliphatic carbocycles. The normalized spacial score (nSPS) is 20.0. The van der Waals surface area contributed by atoms with Crippen LogP contribution in [0.1, 0.15) is 58.8 Å². The summed E-state index contributed by atoms with van der Waals surface area (Å²) in [5.74, 6) is 0.000540. The van der Waals surface area contributed by atoms with Gasteiger partial charge in [0.15, 0.2) is 5.69 Å². The predicted octanol–water partition coefficient (Wildman–Crippen LogP) is 1.26. The van der Waals surface area contributed by atoms with Crippen LogP contribution in [-0.2, 0) is 36.2 Å². The quantitative estimate of drug-likeness (QED) is 0.794. The Morgan fingerprint density at radius 2 is 1.97 bits per heavy atom. The first-order chi connectivity index (χ1) is 14.8. The number of carbonyl (C=O) groups excluding carboxylic acids is 2. The fraction of sp³-hybridized carbons (Fsp3) is 0.636. The molecule has 9 nitrogen and oxygen atoms in total. The van der Waals surface area contributed by atoms with Crippen LogP contribution in [0.3, 0.4) is 0 Å². The number of likely N-dealkylation sites (tertiary alicyclic amines) is 1. The Labute approximate surface area is 181 Å². The second-order valence-corrected chi connectivity index (χ2v) is 9.26. The van der Waals surface area contributed by atoms with E-state index in [0.29, 0.717) is 31.4 Å². The highest BCUT2D eigenvalue weighted by molar-refractivity contribution is 5.94. The molecule has 1 saturated heterocycles. The lowest BCUT2D eigenvalue weighted by atomic mass is 9.83. The second kappa shape index (κ2) is 7.47. The average molecular weight is 427 g/mol. The van der Waals surface area contributed by atoms with Gasteiger partial charge in [0.25, 0.3) is 5.91 Å². The monoisotopic (exact) mass is 426 g/mol. The van der Waals surface area contributed by atoms with Crippen LogP contribution >= 0.6 is 0 Å². The van der Waals surface area contributed by atoms with Crippen molar-refractivity contribution in [3.05, 3.63) is 34.4 Å². The van der Waals surface area contributed by atoms with Gasteiger partial charge in [-0.25, -0.2) is 0 Å². The molecule has 2 aromatic rings. The van der Waals surface area contributed by atoms with E-state index in [1.54, 1.807) is 4.68 Å². The van der Waals surface area contributed by atoms with Crippen molar-refractivity contribution in [1.29, 1.82) is 0 Å². The minimum absolute atomic E-state index is 0.0940. The maximum Gasteiger partial charge on any atom is 0.272 e.